The minimum atomic E-state index is -0.0859. The smallest absolute Gasteiger partial charge is 0.251 e. The molecular formula is C16H19N3O4. The van der Waals surface area contributed by atoms with Gasteiger partial charge in [0.2, 0.25) is 11.7 Å². The number of nitrogens with one attached hydrogen (secondary N) is 1. The number of aromatic nitrogens is 2. The van der Waals surface area contributed by atoms with Gasteiger partial charge in [0.1, 0.15) is 5.75 Å². The van der Waals surface area contributed by atoms with E-state index in [4.69, 9.17) is 14.0 Å². The molecule has 1 atom stereocenters. The number of hydrogen-bond acceptors (Lipinski definition) is 6. The lowest BCUT2D eigenvalue weighted by atomic mass is 10.1. The summed E-state index contributed by atoms with van der Waals surface area (Å²) in [5, 5.41) is 6.68. The van der Waals surface area contributed by atoms with Crippen LogP contribution in [0.5, 0.6) is 5.75 Å². The number of carbonyl (C=O) groups is 1. The summed E-state index contributed by atoms with van der Waals surface area (Å²) >= 11 is 0. The molecule has 1 aliphatic heterocycles. The van der Waals surface area contributed by atoms with Crippen molar-refractivity contribution in [3.05, 3.63) is 41.5 Å². The highest BCUT2D eigenvalue weighted by molar-refractivity contribution is 5.94. The van der Waals surface area contributed by atoms with Crippen LogP contribution >= 0.6 is 0 Å². The summed E-state index contributed by atoms with van der Waals surface area (Å²) in [5.41, 5.74) is 0.603. The zero-order valence-electron chi connectivity index (χ0n) is 12.9. The van der Waals surface area contributed by atoms with Crippen LogP contribution in [0, 0.1) is 12.8 Å². The highest BCUT2D eigenvalue weighted by atomic mass is 16.5. The Morgan fingerprint density at radius 3 is 2.87 bits per heavy atom. The molecule has 7 heteroatoms. The van der Waals surface area contributed by atoms with E-state index in [2.05, 4.69) is 15.5 Å². The average Bonchev–Trinajstić information content (AvgIpc) is 3.22. The van der Waals surface area contributed by atoms with Gasteiger partial charge in [-0.05, 0) is 30.7 Å². The predicted molar refractivity (Wildman–Crippen MR) is 81.1 cm³/mol. The quantitative estimate of drug-likeness (QED) is 0.873. The Kier molecular flexibility index (Phi) is 4.87. The summed E-state index contributed by atoms with van der Waals surface area (Å²) in [6, 6.07) is 6.97. The largest absolute Gasteiger partial charge is 0.485 e. The molecule has 2 heterocycles. The van der Waals surface area contributed by atoms with Crippen LogP contribution in [0.3, 0.4) is 0 Å². The van der Waals surface area contributed by atoms with E-state index in [0.29, 0.717) is 35.5 Å². The van der Waals surface area contributed by atoms with E-state index in [1.807, 2.05) is 0 Å². The second kappa shape index (κ2) is 7.23. The van der Waals surface area contributed by atoms with Crippen LogP contribution in [0.1, 0.15) is 28.5 Å². The molecule has 2 aromatic rings. The monoisotopic (exact) mass is 317 g/mol. The SMILES string of the molecule is Cc1nc(COc2ccc(C(=O)NC[C@H]3CCOC3)cc2)no1. The van der Waals surface area contributed by atoms with Gasteiger partial charge in [0, 0.05) is 31.6 Å². The molecule has 0 radical (unpaired) electrons. The summed E-state index contributed by atoms with van der Waals surface area (Å²) in [7, 11) is 0. The van der Waals surface area contributed by atoms with Crippen LogP contribution in [-0.4, -0.2) is 35.8 Å². The van der Waals surface area contributed by atoms with Crippen LogP contribution in [0.25, 0.3) is 0 Å². The van der Waals surface area contributed by atoms with E-state index < -0.39 is 0 Å². The topological polar surface area (TPSA) is 86.5 Å². The van der Waals surface area contributed by atoms with Gasteiger partial charge in [0.25, 0.3) is 5.91 Å². The van der Waals surface area contributed by atoms with Gasteiger partial charge in [-0.3, -0.25) is 4.79 Å². The Labute approximate surface area is 134 Å². The normalized spacial score (nSPS) is 17.2. The highest BCUT2D eigenvalue weighted by Crippen LogP contribution is 2.14. The molecule has 1 aromatic heterocycles. The van der Waals surface area contributed by atoms with Gasteiger partial charge < -0.3 is 19.3 Å². The summed E-state index contributed by atoms with van der Waals surface area (Å²) in [5.74, 6) is 1.97. The zero-order chi connectivity index (χ0) is 16.1. The third-order valence-electron chi connectivity index (χ3n) is 3.63. The van der Waals surface area contributed by atoms with Crippen molar-refractivity contribution in [2.75, 3.05) is 19.8 Å². The van der Waals surface area contributed by atoms with Gasteiger partial charge in [-0.2, -0.15) is 4.98 Å². The molecule has 1 N–H and O–H groups in total. The van der Waals surface area contributed by atoms with Gasteiger partial charge in [-0.25, -0.2) is 0 Å². The Hall–Kier alpha value is -2.41. The lowest BCUT2D eigenvalue weighted by Gasteiger charge is -2.10. The Morgan fingerprint density at radius 2 is 2.22 bits per heavy atom. The Bertz CT molecular complexity index is 648. The van der Waals surface area contributed by atoms with E-state index in [1.165, 1.54) is 0 Å². The fraction of sp³-hybridized carbons (Fsp3) is 0.438. The van der Waals surface area contributed by atoms with E-state index in [1.54, 1.807) is 31.2 Å². The van der Waals surface area contributed by atoms with Crippen molar-refractivity contribution >= 4 is 5.91 Å². The molecule has 122 valence electrons. The molecule has 1 aliphatic rings. The molecule has 1 fully saturated rings. The maximum Gasteiger partial charge on any atom is 0.251 e. The van der Waals surface area contributed by atoms with E-state index in [9.17, 15) is 4.79 Å². The number of rotatable bonds is 6. The second-order valence-corrected chi connectivity index (χ2v) is 5.48. The van der Waals surface area contributed by atoms with E-state index >= 15 is 0 Å². The molecule has 0 unspecified atom stereocenters. The molecule has 0 spiro atoms. The second-order valence-electron chi connectivity index (χ2n) is 5.48. The molecule has 7 nitrogen and oxygen atoms in total. The standard InChI is InChI=1S/C16H19N3O4/c1-11-18-15(19-23-11)10-22-14-4-2-13(3-5-14)16(20)17-8-12-6-7-21-9-12/h2-5,12H,6-10H2,1H3,(H,17,20)/t12-/m1/s1. The number of nitrogens with zero attached hydrogens (tertiary/aromatic N) is 2. The van der Waals surface area contributed by atoms with Crippen LogP contribution < -0.4 is 10.1 Å². The summed E-state index contributed by atoms with van der Waals surface area (Å²) in [6.07, 6.45) is 1.00. The van der Waals surface area contributed by atoms with E-state index in [0.717, 1.165) is 19.6 Å². The van der Waals surface area contributed by atoms with Gasteiger partial charge in [-0.15, -0.1) is 0 Å². The average molecular weight is 317 g/mol. The van der Waals surface area contributed by atoms with Crippen molar-refractivity contribution in [1.29, 1.82) is 0 Å². The minimum Gasteiger partial charge on any atom is -0.485 e. The molecule has 23 heavy (non-hydrogen) atoms. The molecule has 1 saturated heterocycles. The summed E-state index contributed by atoms with van der Waals surface area (Å²) in [4.78, 5) is 16.1. The lowest BCUT2D eigenvalue weighted by molar-refractivity contribution is 0.0945. The fourth-order valence-electron chi connectivity index (χ4n) is 2.33. The van der Waals surface area contributed by atoms with Crippen molar-refractivity contribution in [1.82, 2.24) is 15.5 Å². The molecule has 1 amide bonds. The number of carbonyl (C=O) groups excluding carboxylic acids is 1. The molecule has 0 bridgehead atoms. The summed E-state index contributed by atoms with van der Waals surface area (Å²) < 4.78 is 15.7. The van der Waals surface area contributed by atoms with Crippen LogP contribution in [0.15, 0.2) is 28.8 Å². The third-order valence-corrected chi connectivity index (χ3v) is 3.63. The van der Waals surface area contributed by atoms with Crippen molar-refractivity contribution < 1.29 is 18.8 Å². The fourth-order valence-corrected chi connectivity index (χ4v) is 2.33. The van der Waals surface area contributed by atoms with Crippen LogP contribution in [0.4, 0.5) is 0 Å². The molecular weight excluding hydrogens is 298 g/mol. The summed E-state index contributed by atoms with van der Waals surface area (Å²) in [6.45, 7) is 4.11. The zero-order valence-corrected chi connectivity index (χ0v) is 12.9. The van der Waals surface area contributed by atoms with Crippen molar-refractivity contribution in [3.8, 4) is 5.75 Å². The molecule has 0 saturated carbocycles. The number of benzene rings is 1. The highest BCUT2D eigenvalue weighted by Gasteiger charge is 2.16. The van der Waals surface area contributed by atoms with Crippen molar-refractivity contribution in [2.45, 2.75) is 20.0 Å². The van der Waals surface area contributed by atoms with Crippen molar-refractivity contribution in [2.24, 2.45) is 5.92 Å². The first-order valence-corrected chi connectivity index (χ1v) is 7.59. The maximum atomic E-state index is 12.1. The first-order chi connectivity index (χ1) is 11.2. The van der Waals surface area contributed by atoms with Crippen LogP contribution in [0.2, 0.25) is 0 Å². The van der Waals surface area contributed by atoms with Gasteiger partial charge in [0.05, 0.1) is 6.61 Å². The van der Waals surface area contributed by atoms with Crippen molar-refractivity contribution in [3.63, 3.8) is 0 Å². The van der Waals surface area contributed by atoms with Gasteiger partial charge in [-0.1, -0.05) is 5.16 Å². The number of aryl methyl sites for hydroxylation is 1. The lowest BCUT2D eigenvalue weighted by Crippen LogP contribution is -2.29. The molecule has 0 aliphatic carbocycles. The Balaban J connectivity index is 1.48. The predicted octanol–water partition coefficient (Wildman–Crippen LogP) is 1.72. The number of hydrogen-bond donors (Lipinski definition) is 1. The first-order valence-electron chi connectivity index (χ1n) is 7.59. The van der Waals surface area contributed by atoms with Gasteiger partial charge in [0.15, 0.2) is 6.61 Å². The number of amides is 1. The van der Waals surface area contributed by atoms with Crippen LogP contribution in [-0.2, 0) is 11.3 Å². The minimum absolute atomic E-state index is 0.0859. The first kappa shape index (κ1) is 15.5. The number of ether oxygens (including phenoxy) is 2. The molecule has 1 aromatic carbocycles. The maximum absolute atomic E-state index is 12.1. The van der Waals surface area contributed by atoms with E-state index in [-0.39, 0.29) is 12.5 Å². The molecule has 3 rings (SSSR count). The van der Waals surface area contributed by atoms with Gasteiger partial charge >= 0.3 is 0 Å². The third kappa shape index (κ3) is 4.29. The Morgan fingerprint density at radius 1 is 1.39 bits per heavy atom.